The van der Waals surface area contributed by atoms with E-state index in [9.17, 15) is 4.79 Å². The quantitative estimate of drug-likeness (QED) is 0.465. The Bertz CT molecular complexity index is 407. The number of allylic oxidation sites excluding steroid dienone is 1. The van der Waals surface area contributed by atoms with E-state index < -0.39 is 8.07 Å². The van der Waals surface area contributed by atoms with Crippen LogP contribution in [0.15, 0.2) is 41.6 Å². The van der Waals surface area contributed by atoms with E-state index in [0.29, 0.717) is 6.61 Å². The highest BCUT2D eigenvalue weighted by Crippen LogP contribution is 2.14. The van der Waals surface area contributed by atoms with E-state index in [0.717, 1.165) is 5.20 Å². The number of esters is 1. The molecule has 0 atom stereocenters. The Labute approximate surface area is 104 Å². The molecular formula is C14H20O2Si. The smallest absolute Gasteiger partial charge is 0.330 e. The van der Waals surface area contributed by atoms with E-state index >= 15 is 0 Å². The highest BCUT2D eigenvalue weighted by Gasteiger charge is 2.25. The lowest BCUT2D eigenvalue weighted by atomic mass is 10.4. The van der Waals surface area contributed by atoms with E-state index in [4.69, 9.17) is 4.74 Å². The molecule has 0 aliphatic rings. The van der Waals surface area contributed by atoms with Crippen LogP contribution < -0.4 is 5.19 Å². The molecule has 0 saturated heterocycles. The fourth-order valence-corrected chi connectivity index (χ4v) is 3.58. The number of hydrogen-bond donors (Lipinski definition) is 0. The van der Waals surface area contributed by atoms with Gasteiger partial charge in [-0.1, -0.05) is 53.8 Å². The minimum atomic E-state index is -1.71. The Balaban J connectivity index is 2.94. The number of benzene rings is 1. The number of hydrogen-bond acceptors (Lipinski definition) is 2. The molecule has 17 heavy (non-hydrogen) atoms. The highest BCUT2D eigenvalue weighted by atomic mass is 28.3. The van der Waals surface area contributed by atoms with Crippen molar-refractivity contribution in [3.05, 3.63) is 41.6 Å². The highest BCUT2D eigenvalue weighted by molar-refractivity contribution is 6.95. The molecule has 0 fully saturated rings. The van der Waals surface area contributed by atoms with E-state index in [1.54, 1.807) is 6.08 Å². The van der Waals surface area contributed by atoms with Crippen molar-refractivity contribution < 1.29 is 9.53 Å². The van der Waals surface area contributed by atoms with Crippen molar-refractivity contribution in [2.45, 2.75) is 26.9 Å². The Morgan fingerprint density at radius 2 is 1.88 bits per heavy atom. The standard InChI is InChI=1S/C14H20O2Si/c1-5-16-14(15)11-12(2)17(3,4)13-9-7-6-8-10-13/h6-11H,5H2,1-4H3/b12-11+. The molecule has 0 aliphatic heterocycles. The second-order valence-electron chi connectivity index (χ2n) is 4.57. The molecule has 92 valence electrons. The summed E-state index contributed by atoms with van der Waals surface area (Å²) in [5.74, 6) is -0.235. The summed E-state index contributed by atoms with van der Waals surface area (Å²) in [6.07, 6.45) is 1.64. The van der Waals surface area contributed by atoms with Crippen LogP contribution in [0.4, 0.5) is 0 Å². The third-order valence-corrected chi connectivity index (χ3v) is 7.00. The first kappa shape index (κ1) is 13.7. The molecule has 0 aromatic heterocycles. The maximum absolute atomic E-state index is 11.5. The van der Waals surface area contributed by atoms with E-state index in [1.807, 2.05) is 32.0 Å². The molecule has 0 bridgehead atoms. The molecule has 0 amide bonds. The van der Waals surface area contributed by atoms with Gasteiger partial charge in [0.1, 0.15) is 8.07 Å². The zero-order valence-corrected chi connectivity index (χ0v) is 12.0. The van der Waals surface area contributed by atoms with Crippen LogP contribution in [0.2, 0.25) is 13.1 Å². The van der Waals surface area contributed by atoms with Crippen LogP contribution in [-0.4, -0.2) is 20.7 Å². The molecule has 3 heteroatoms. The summed E-state index contributed by atoms with van der Waals surface area (Å²) < 4.78 is 4.95. The average molecular weight is 248 g/mol. The van der Waals surface area contributed by atoms with Gasteiger partial charge in [-0.25, -0.2) is 4.79 Å². The second kappa shape index (κ2) is 5.82. The van der Waals surface area contributed by atoms with Crippen molar-refractivity contribution in [3.63, 3.8) is 0 Å². The fourth-order valence-electron chi connectivity index (χ4n) is 1.62. The Morgan fingerprint density at radius 1 is 1.29 bits per heavy atom. The zero-order chi connectivity index (χ0) is 12.9. The molecule has 1 aromatic carbocycles. The fraction of sp³-hybridized carbons (Fsp3) is 0.357. The van der Waals surface area contributed by atoms with Crippen molar-refractivity contribution >= 4 is 19.2 Å². The zero-order valence-electron chi connectivity index (χ0n) is 11.0. The van der Waals surface area contributed by atoms with Crippen LogP contribution >= 0.6 is 0 Å². The summed E-state index contributed by atoms with van der Waals surface area (Å²) in [5.41, 5.74) is 0. The van der Waals surface area contributed by atoms with Crippen molar-refractivity contribution in [2.24, 2.45) is 0 Å². The Kier molecular flexibility index (Phi) is 4.69. The molecule has 0 heterocycles. The van der Waals surface area contributed by atoms with Gasteiger partial charge in [0, 0.05) is 6.08 Å². The molecule has 2 nitrogen and oxygen atoms in total. The first-order valence-corrected chi connectivity index (χ1v) is 8.89. The summed E-state index contributed by atoms with van der Waals surface area (Å²) >= 11 is 0. The van der Waals surface area contributed by atoms with Crippen LogP contribution in [0.1, 0.15) is 13.8 Å². The Hall–Kier alpha value is -1.35. The summed E-state index contributed by atoms with van der Waals surface area (Å²) in [6.45, 7) is 8.76. The lowest BCUT2D eigenvalue weighted by Crippen LogP contribution is -2.43. The summed E-state index contributed by atoms with van der Waals surface area (Å²) in [5, 5.41) is 2.47. The lowest BCUT2D eigenvalue weighted by molar-refractivity contribution is -0.137. The molecule has 0 spiro atoms. The maximum Gasteiger partial charge on any atom is 0.330 e. The maximum atomic E-state index is 11.5. The SMILES string of the molecule is CCOC(=O)/C=C(\C)[Si](C)(C)c1ccccc1. The largest absolute Gasteiger partial charge is 0.463 e. The van der Waals surface area contributed by atoms with Crippen molar-refractivity contribution in [2.75, 3.05) is 6.61 Å². The van der Waals surface area contributed by atoms with E-state index in [2.05, 4.69) is 25.2 Å². The third kappa shape index (κ3) is 3.56. The molecule has 0 radical (unpaired) electrons. The van der Waals surface area contributed by atoms with Crippen LogP contribution in [-0.2, 0) is 9.53 Å². The van der Waals surface area contributed by atoms with Gasteiger partial charge in [0.2, 0.25) is 0 Å². The van der Waals surface area contributed by atoms with Crippen LogP contribution in [0.25, 0.3) is 0 Å². The van der Waals surface area contributed by atoms with E-state index in [1.165, 1.54) is 5.19 Å². The van der Waals surface area contributed by atoms with Gasteiger partial charge in [-0.15, -0.1) is 0 Å². The van der Waals surface area contributed by atoms with Crippen molar-refractivity contribution in [3.8, 4) is 0 Å². The molecule has 0 unspecified atom stereocenters. The first-order valence-electron chi connectivity index (χ1n) is 5.89. The Morgan fingerprint density at radius 3 is 2.41 bits per heavy atom. The predicted molar refractivity (Wildman–Crippen MR) is 73.9 cm³/mol. The first-order chi connectivity index (χ1) is 7.98. The predicted octanol–water partition coefficient (Wildman–Crippen LogP) is 2.65. The molecule has 1 rings (SSSR count). The van der Waals surface area contributed by atoms with Gasteiger partial charge in [-0.05, 0) is 13.8 Å². The number of rotatable bonds is 4. The number of carbonyl (C=O) groups excluding carboxylic acids is 1. The molecule has 0 aliphatic carbocycles. The number of ether oxygens (including phenoxy) is 1. The van der Waals surface area contributed by atoms with Gasteiger partial charge in [-0.3, -0.25) is 0 Å². The van der Waals surface area contributed by atoms with E-state index in [-0.39, 0.29) is 5.97 Å². The minimum absolute atomic E-state index is 0.235. The van der Waals surface area contributed by atoms with Crippen molar-refractivity contribution in [1.29, 1.82) is 0 Å². The van der Waals surface area contributed by atoms with Crippen LogP contribution in [0.3, 0.4) is 0 Å². The topological polar surface area (TPSA) is 26.3 Å². The second-order valence-corrected chi connectivity index (χ2v) is 9.19. The van der Waals surface area contributed by atoms with Crippen molar-refractivity contribution in [1.82, 2.24) is 0 Å². The summed E-state index contributed by atoms with van der Waals surface area (Å²) in [4.78, 5) is 11.5. The molecule has 0 N–H and O–H groups in total. The lowest BCUT2D eigenvalue weighted by Gasteiger charge is -2.23. The average Bonchev–Trinajstić information content (AvgIpc) is 2.30. The molecule has 0 saturated carbocycles. The number of carbonyl (C=O) groups is 1. The monoisotopic (exact) mass is 248 g/mol. The van der Waals surface area contributed by atoms with Gasteiger partial charge >= 0.3 is 5.97 Å². The molecule has 1 aromatic rings. The normalized spacial score (nSPS) is 12.4. The van der Waals surface area contributed by atoms with Crippen LogP contribution in [0.5, 0.6) is 0 Å². The van der Waals surface area contributed by atoms with Crippen LogP contribution in [0, 0.1) is 0 Å². The third-order valence-electron chi connectivity index (χ3n) is 3.10. The van der Waals surface area contributed by atoms with Gasteiger partial charge in [-0.2, -0.15) is 0 Å². The summed E-state index contributed by atoms with van der Waals surface area (Å²) in [6, 6.07) is 10.4. The minimum Gasteiger partial charge on any atom is -0.463 e. The van der Waals surface area contributed by atoms with Gasteiger partial charge in [0.05, 0.1) is 6.61 Å². The van der Waals surface area contributed by atoms with Gasteiger partial charge in [0.25, 0.3) is 0 Å². The molecular weight excluding hydrogens is 228 g/mol. The summed E-state index contributed by atoms with van der Waals surface area (Å²) in [7, 11) is -1.71. The van der Waals surface area contributed by atoms with Gasteiger partial charge < -0.3 is 4.74 Å². The van der Waals surface area contributed by atoms with Gasteiger partial charge in [0.15, 0.2) is 0 Å².